The van der Waals surface area contributed by atoms with Gasteiger partial charge in [-0.05, 0) is 57.4 Å². The van der Waals surface area contributed by atoms with Crippen molar-refractivity contribution in [3.05, 3.63) is 182 Å². The van der Waals surface area contributed by atoms with Crippen LogP contribution in [0.5, 0.6) is 0 Å². The quantitative estimate of drug-likeness (QED) is 0.116. The van der Waals surface area contributed by atoms with E-state index < -0.39 is 0 Å². The summed E-state index contributed by atoms with van der Waals surface area (Å²) in [5.74, 6) is 0.573. The number of hydrogen-bond donors (Lipinski definition) is 0. The second kappa shape index (κ2) is 19.3. The molecular formula is C52H60SiZr-4. The molecule has 0 aliphatic carbocycles. The first-order chi connectivity index (χ1) is 24.8. The molecule has 0 aliphatic rings. The number of fused-ring (bicyclic) bond motifs is 2. The summed E-state index contributed by atoms with van der Waals surface area (Å²) in [7, 11) is 0. The summed E-state index contributed by atoms with van der Waals surface area (Å²) in [6.45, 7) is 23.4. The Bertz CT molecular complexity index is 2200. The third-order valence-corrected chi connectivity index (χ3v) is 10.3. The molecule has 0 nitrogen and oxygen atoms in total. The van der Waals surface area contributed by atoms with Crippen molar-refractivity contribution >= 4 is 28.4 Å². The van der Waals surface area contributed by atoms with E-state index in [1.165, 1.54) is 101 Å². The molecule has 0 unspecified atom stereocenters. The van der Waals surface area contributed by atoms with Gasteiger partial charge in [0, 0.05) is 0 Å². The number of aryl methyl sites for hydroxylation is 3. The molecule has 0 bridgehead atoms. The molecule has 0 N–H and O–H groups in total. The first-order valence-electron chi connectivity index (χ1n) is 18.7. The molecular weight excluding hydrogens is 744 g/mol. The SMILES string of the molecule is CC(C)c1cc2c(-c3ccc(C(C)(C)C)cc3)cccc2[cH-]1.Cc1ccc(-c2ccc(C(C)(C)C)cc2)c2cc(CCc3ccccc3)[cH-]c12.[CH3-].[CH3-].[Si]=[Zr]. The van der Waals surface area contributed by atoms with Crippen molar-refractivity contribution < 1.29 is 23.3 Å². The maximum atomic E-state index is 3.06. The van der Waals surface area contributed by atoms with Crippen LogP contribution in [0.4, 0.5) is 0 Å². The fraction of sp³-hybridized carbons (Fsp3) is 0.269. The summed E-state index contributed by atoms with van der Waals surface area (Å²) in [6, 6.07) is 49.6. The van der Waals surface area contributed by atoms with Crippen molar-refractivity contribution in [1.29, 1.82) is 0 Å². The Labute approximate surface area is 345 Å². The van der Waals surface area contributed by atoms with Crippen molar-refractivity contribution in [2.75, 3.05) is 0 Å². The van der Waals surface area contributed by atoms with Gasteiger partial charge >= 0.3 is 30.2 Å². The maximum absolute atomic E-state index is 3.06. The van der Waals surface area contributed by atoms with Crippen molar-refractivity contribution in [2.45, 2.75) is 91.9 Å². The molecule has 7 aromatic rings. The summed E-state index contributed by atoms with van der Waals surface area (Å²) >= 11 is 1.36. The molecule has 2 heteroatoms. The zero-order valence-corrected chi connectivity index (χ0v) is 38.2. The van der Waals surface area contributed by atoms with Crippen LogP contribution in [0.1, 0.15) is 94.7 Å². The van der Waals surface area contributed by atoms with E-state index in [1.54, 1.807) is 0 Å². The standard InChI is InChI=1S/C28H29.C22H25.2CH3.Si.Zr/c1-20-10-17-25(23-13-15-24(16-14-23)28(2,3)4)27-19-22(18-26(20)27)12-11-21-8-6-5-7-9-21;1-15(2)18-13-17-7-6-8-20(21(17)14-18)16-9-11-19(12-10-16)22(3,4)5;;;;/h5-10,13-19H,11-12H2,1-4H3;6-15H,1-5H3;2*1H3;;/q4*-1;;. The van der Waals surface area contributed by atoms with E-state index in [4.69, 9.17) is 0 Å². The van der Waals surface area contributed by atoms with E-state index >= 15 is 0 Å². The van der Waals surface area contributed by atoms with Crippen LogP contribution in [0.15, 0.2) is 133 Å². The fourth-order valence-electron chi connectivity index (χ4n) is 6.98. The van der Waals surface area contributed by atoms with E-state index in [1.807, 2.05) is 0 Å². The minimum atomic E-state index is 0. The fourth-order valence-corrected chi connectivity index (χ4v) is 6.98. The number of hydrogen-bond acceptors (Lipinski definition) is 0. The molecule has 54 heavy (non-hydrogen) atoms. The van der Waals surface area contributed by atoms with E-state index in [2.05, 4.69) is 203 Å². The molecule has 0 spiro atoms. The Balaban J connectivity index is 0.000000275. The van der Waals surface area contributed by atoms with Crippen LogP contribution in [0, 0.1) is 21.8 Å². The van der Waals surface area contributed by atoms with E-state index in [0.29, 0.717) is 5.92 Å². The number of rotatable bonds is 6. The van der Waals surface area contributed by atoms with Gasteiger partial charge in [-0.3, -0.25) is 0 Å². The second-order valence-corrected chi connectivity index (χ2v) is 16.5. The normalized spacial score (nSPS) is 11.2. The van der Waals surface area contributed by atoms with Gasteiger partial charge in [0.15, 0.2) is 0 Å². The van der Waals surface area contributed by atoms with E-state index in [0.717, 1.165) is 12.8 Å². The van der Waals surface area contributed by atoms with Crippen LogP contribution < -0.4 is 0 Å². The van der Waals surface area contributed by atoms with Gasteiger partial charge in [0.1, 0.15) is 0 Å². The van der Waals surface area contributed by atoms with E-state index in [-0.39, 0.29) is 25.7 Å². The average Bonchev–Trinajstić information content (AvgIpc) is 3.78. The van der Waals surface area contributed by atoms with Gasteiger partial charge in [0.2, 0.25) is 0 Å². The topological polar surface area (TPSA) is 0 Å². The minimum absolute atomic E-state index is 0. The summed E-state index contributed by atoms with van der Waals surface area (Å²) in [4.78, 5) is 0. The van der Waals surface area contributed by atoms with Gasteiger partial charge in [-0.15, -0.1) is 68.6 Å². The van der Waals surface area contributed by atoms with Crippen molar-refractivity contribution in [3.63, 3.8) is 0 Å². The van der Waals surface area contributed by atoms with E-state index in [9.17, 15) is 0 Å². The predicted octanol–water partition coefficient (Wildman–Crippen LogP) is 14.8. The Morgan fingerprint density at radius 1 is 0.574 bits per heavy atom. The first kappa shape index (κ1) is 44.8. The Hall–Kier alpha value is -3.58. The summed E-state index contributed by atoms with van der Waals surface area (Å²) in [5.41, 5.74) is 14.1. The van der Waals surface area contributed by atoms with Gasteiger partial charge in [-0.25, -0.2) is 0 Å². The molecule has 2 radical (unpaired) electrons. The Morgan fingerprint density at radius 3 is 1.63 bits per heavy atom. The summed E-state index contributed by atoms with van der Waals surface area (Å²) in [6.07, 6.45) is 2.17. The Morgan fingerprint density at radius 2 is 1.11 bits per heavy atom. The van der Waals surface area contributed by atoms with Crippen molar-refractivity contribution in [2.24, 2.45) is 0 Å². The third kappa shape index (κ3) is 10.8. The summed E-state index contributed by atoms with van der Waals surface area (Å²) in [5, 5.41) is 5.49. The van der Waals surface area contributed by atoms with Gasteiger partial charge in [0.25, 0.3) is 0 Å². The average molecular weight is 804 g/mol. The zero-order valence-electron chi connectivity index (χ0n) is 34.7. The summed E-state index contributed by atoms with van der Waals surface area (Å²) < 4.78 is 0. The van der Waals surface area contributed by atoms with Gasteiger partial charge in [0.05, 0.1) is 0 Å². The molecule has 7 aromatic carbocycles. The first-order valence-corrected chi connectivity index (χ1v) is 22.9. The van der Waals surface area contributed by atoms with Crippen molar-refractivity contribution in [3.8, 4) is 22.3 Å². The van der Waals surface area contributed by atoms with Crippen LogP contribution in [0.3, 0.4) is 0 Å². The van der Waals surface area contributed by atoms with Crippen LogP contribution >= 0.6 is 0 Å². The van der Waals surface area contributed by atoms with Gasteiger partial charge in [-0.2, -0.15) is 12.1 Å². The van der Waals surface area contributed by atoms with Crippen LogP contribution in [0.2, 0.25) is 0 Å². The third-order valence-electron chi connectivity index (χ3n) is 10.3. The van der Waals surface area contributed by atoms with Crippen LogP contribution in [0.25, 0.3) is 43.8 Å². The van der Waals surface area contributed by atoms with Crippen LogP contribution in [-0.2, 0) is 47.0 Å². The molecule has 0 aromatic heterocycles. The van der Waals surface area contributed by atoms with Gasteiger partial charge < -0.3 is 14.9 Å². The molecule has 0 amide bonds. The molecule has 0 atom stereocenters. The molecule has 280 valence electrons. The van der Waals surface area contributed by atoms with Gasteiger partial charge in [-0.1, -0.05) is 164 Å². The molecule has 0 heterocycles. The Kier molecular flexibility index (Phi) is 16.0. The zero-order chi connectivity index (χ0) is 37.6. The monoisotopic (exact) mass is 802 g/mol. The van der Waals surface area contributed by atoms with Crippen molar-refractivity contribution in [1.82, 2.24) is 0 Å². The molecule has 0 aliphatic heterocycles. The predicted molar refractivity (Wildman–Crippen MR) is 239 cm³/mol. The molecule has 7 rings (SSSR count). The number of benzene rings is 5. The second-order valence-electron chi connectivity index (χ2n) is 16.5. The van der Waals surface area contributed by atoms with Crippen LogP contribution in [-0.4, -0.2) is 6.88 Å². The molecule has 0 saturated heterocycles. The molecule has 0 saturated carbocycles. The molecule has 0 fully saturated rings.